The first kappa shape index (κ1) is 32.9. The van der Waals surface area contributed by atoms with Gasteiger partial charge in [0.05, 0.1) is 24.5 Å². The molecule has 4 rings (SSSR count). The summed E-state index contributed by atoms with van der Waals surface area (Å²) in [5.74, 6) is -3.33. The Kier molecular flexibility index (Phi) is 10.5. The number of aliphatic hydroxyl groups is 1. The van der Waals surface area contributed by atoms with E-state index in [1.165, 1.54) is 4.90 Å². The Balaban J connectivity index is 1.65. The number of carbonyl (C=O) groups excluding carboxylic acids is 4. The lowest BCUT2D eigenvalue weighted by Gasteiger charge is -2.37. The molecule has 0 aromatic heterocycles. The predicted octanol–water partition coefficient (Wildman–Crippen LogP) is 2.97. The van der Waals surface area contributed by atoms with Crippen molar-refractivity contribution < 1.29 is 33.8 Å². The maximum Gasteiger partial charge on any atom is 0.312 e. The quantitative estimate of drug-likeness (QED) is 0.179. The van der Waals surface area contributed by atoms with Crippen LogP contribution >= 0.6 is 15.9 Å². The third-order valence-corrected chi connectivity index (χ3v) is 9.41. The number of fused-ring (bicyclic) bond motifs is 1. The van der Waals surface area contributed by atoms with Crippen LogP contribution in [0.4, 0.5) is 5.69 Å². The number of anilines is 1. The molecule has 0 aliphatic carbocycles. The summed E-state index contributed by atoms with van der Waals surface area (Å²) in [6.45, 7) is 13.3. The minimum Gasteiger partial charge on any atom is -0.460 e. The molecule has 10 nitrogen and oxygen atoms in total. The summed E-state index contributed by atoms with van der Waals surface area (Å²) in [5.41, 5.74) is 1.32. The number of esters is 1. The minimum atomic E-state index is -1.26. The Hall–Kier alpha value is -3.02. The fraction of sp³-hybridized carbons (Fsp3) is 0.562. The van der Waals surface area contributed by atoms with E-state index in [0.717, 1.165) is 11.1 Å². The summed E-state index contributed by atoms with van der Waals surface area (Å²) in [5, 5.41) is 12.4. The molecule has 3 aliphatic rings. The molecule has 7 atom stereocenters. The van der Waals surface area contributed by atoms with Crippen LogP contribution < -0.4 is 10.2 Å². The van der Waals surface area contributed by atoms with Crippen LogP contribution in [0.1, 0.15) is 43.7 Å². The Morgan fingerprint density at radius 2 is 2.05 bits per heavy atom. The summed E-state index contributed by atoms with van der Waals surface area (Å²) < 4.78 is 12.3. The molecule has 3 saturated heterocycles. The molecule has 2 bridgehead atoms. The van der Waals surface area contributed by atoms with Gasteiger partial charge in [-0.15, -0.1) is 13.2 Å². The van der Waals surface area contributed by atoms with E-state index in [2.05, 4.69) is 34.4 Å². The summed E-state index contributed by atoms with van der Waals surface area (Å²) in [6.07, 6.45) is 3.44. The first-order valence-corrected chi connectivity index (χ1v) is 15.7. The monoisotopic (exact) mass is 659 g/mol. The molecule has 3 aliphatic heterocycles. The van der Waals surface area contributed by atoms with Gasteiger partial charge in [0, 0.05) is 36.6 Å². The first-order chi connectivity index (χ1) is 20.5. The zero-order chi connectivity index (χ0) is 31.5. The lowest BCUT2D eigenvalue weighted by molar-refractivity contribution is -0.159. The highest BCUT2D eigenvalue weighted by Crippen LogP contribution is 2.60. The molecule has 1 aromatic rings. The standard InChI is InChI=1S/C32H42BrN3O7/c1-6-8-10-24(38)34-18-21(5)42-31(41)25-26-29(39)36(14-9-15-37)28(32(26)17-22(33)27(25)43-32)30(40)35(13-7-2)23-16-19(3)11-12-20(23)4/h6-7,11-12,16,21-22,25-28,37H,1-2,8-10,13-15,17-18H2,3-5H3,(H,34,38)/t21-,22?,25+,26-,27+,28+,32-/m1/s1. The number of nitrogens with zero attached hydrogens (tertiary/aromatic N) is 2. The molecule has 0 saturated carbocycles. The third-order valence-electron chi connectivity index (χ3n) is 8.57. The SMILES string of the molecule is C=CCCC(=O)NC[C@@H](C)OC(=O)[C@@H]1[C@H]2O[C@@]3(CC2Br)[C@H](C(=O)N(CC=C)c2cc(C)ccc2C)N(CCCO)C(=O)[C@@H]13. The number of hydrogen-bond donors (Lipinski definition) is 2. The zero-order valence-electron chi connectivity index (χ0n) is 25.1. The van der Waals surface area contributed by atoms with Crippen molar-refractivity contribution in [3.8, 4) is 0 Å². The van der Waals surface area contributed by atoms with Crippen LogP contribution in [0.5, 0.6) is 0 Å². The minimum absolute atomic E-state index is 0.123. The Labute approximate surface area is 261 Å². The van der Waals surface area contributed by atoms with Crippen molar-refractivity contribution in [1.29, 1.82) is 0 Å². The van der Waals surface area contributed by atoms with Crippen molar-refractivity contribution in [2.24, 2.45) is 11.8 Å². The van der Waals surface area contributed by atoms with Crippen molar-refractivity contribution in [1.82, 2.24) is 10.2 Å². The number of nitrogens with one attached hydrogen (secondary N) is 1. The Morgan fingerprint density at radius 1 is 1.30 bits per heavy atom. The van der Waals surface area contributed by atoms with E-state index in [-0.39, 0.29) is 61.6 Å². The summed E-state index contributed by atoms with van der Waals surface area (Å²) in [6, 6.07) is 4.83. The predicted molar refractivity (Wildman–Crippen MR) is 166 cm³/mol. The number of halogens is 1. The van der Waals surface area contributed by atoms with Gasteiger partial charge >= 0.3 is 5.97 Å². The number of likely N-dealkylation sites (tertiary alicyclic amines) is 1. The van der Waals surface area contributed by atoms with Crippen LogP contribution in [0.15, 0.2) is 43.5 Å². The average Bonchev–Trinajstić information content (AvgIpc) is 3.56. The number of hydrogen-bond acceptors (Lipinski definition) is 7. The largest absolute Gasteiger partial charge is 0.460 e. The van der Waals surface area contributed by atoms with Gasteiger partial charge in [-0.1, -0.05) is 40.2 Å². The summed E-state index contributed by atoms with van der Waals surface area (Å²) >= 11 is 3.67. The number of amides is 3. The Morgan fingerprint density at radius 3 is 2.72 bits per heavy atom. The molecule has 43 heavy (non-hydrogen) atoms. The van der Waals surface area contributed by atoms with Gasteiger partial charge < -0.3 is 29.7 Å². The van der Waals surface area contributed by atoms with Gasteiger partial charge in [0.15, 0.2) is 0 Å². The smallest absolute Gasteiger partial charge is 0.312 e. The van der Waals surface area contributed by atoms with E-state index in [4.69, 9.17) is 9.47 Å². The van der Waals surface area contributed by atoms with Crippen LogP contribution in [0.3, 0.4) is 0 Å². The van der Waals surface area contributed by atoms with Crippen LogP contribution in [0, 0.1) is 25.7 Å². The molecule has 3 amide bonds. The van der Waals surface area contributed by atoms with Gasteiger partial charge in [-0.05, 0) is 57.2 Å². The van der Waals surface area contributed by atoms with E-state index in [1.807, 2.05) is 32.0 Å². The number of rotatable bonds is 14. The fourth-order valence-electron chi connectivity index (χ4n) is 6.65. The van der Waals surface area contributed by atoms with E-state index < -0.39 is 41.7 Å². The van der Waals surface area contributed by atoms with E-state index >= 15 is 0 Å². The molecule has 1 spiro atoms. The molecule has 3 heterocycles. The highest BCUT2D eigenvalue weighted by Gasteiger charge is 2.77. The zero-order valence-corrected chi connectivity index (χ0v) is 26.7. The fourth-order valence-corrected chi connectivity index (χ4v) is 7.59. The van der Waals surface area contributed by atoms with Crippen molar-refractivity contribution in [2.45, 2.75) is 75.1 Å². The van der Waals surface area contributed by atoms with Gasteiger partial charge in [0.1, 0.15) is 17.7 Å². The number of aliphatic hydroxyl groups excluding tert-OH is 1. The highest BCUT2D eigenvalue weighted by molar-refractivity contribution is 9.09. The number of benzene rings is 1. The van der Waals surface area contributed by atoms with Crippen molar-refractivity contribution in [2.75, 3.05) is 31.1 Å². The molecular weight excluding hydrogens is 618 g/mol. The lowest BCUT2D eigenvalue weighted by Crippen LogP contribution is -2.57. The average molecular weight is 661 g/mol. The molecular formula is C32H42BrN3O7. The number of carbonyl (C=O) groups is 4. The molecule has 11 heteroatoms. The number of aryl methyl sites for hydroxylation is 2. The van der Waals surface area contributed by atoms with Crippen molar-refractivity contribution in [3.63, 3.8) is 0 Å². The van der Waals surface area contributed by atoms with Crippen LogP contribution in [-0.2, 0) is 28.7 Å². The third kappa shape index (κ3) is 6.30. The number of allylic oxidation sites excluding steroid dienone is 1. The van der Waals surface area contributed by atoms with Crippen molar-refractivity contribution in [3.05, 3.63) is 54.6 Å². The number of ether oxygens (including phenoxy) is 2. The van der Waals surface area contributed by atoms with Gasteiger partial charge in [-0.25, -0.2) is 0 Å². The molecule has 1 aromatic carbocycles. The van der Waals surface area contributed by atoms with Crippen molar-refractivity contribution >= 4 is 45.3 Å². The van der Waals surface area contributed by atoms with E-state index in [0.29, 0.717) is 18.5 Å². The van der Waals surface area contributed by atoms with Gasteiger partial charge in [-0.2, -0.15) is 0 Å². The first-order valence-electron chi connectivity index (χ1n) is 14.8. The van der Waals surface area contributed by atoms with Gasteiger partial charge in [0.2, 0.25) is 11.8 Å². The molecule has 0 radical (unpaired) electrons. The maximum absolute atomic E-state index is 14.6. The summed E-state index contributed by atoms with van der Waals surface area (Å²) in [4.78, 5) is 57.2. The van der Waals surface area contributed by atoms with Gasteiger partial charge in [0.25, 0.3) is 5.91 Å². The van der Waals surface area contributed by atoms with E-state index in [1.54, 1.807) is 24.0 Å². The van der Waals surface area contributed by atoms with Gasteiger partial charge in [-0.3, -0.25) is 19.2 Å². The maximum atomic E-state index is 14.6. The molecule has 3 fully saturated rings. The Bertz CT molecular complexity index is 1270. The lowest BCUT2D eigenvalue weighted by atomic mass is 9.70. The van der Waals surface area contributed by atoms with Crippen LogP contribution in [0.2, 0.25) is 0 Å². The second kappa shape index (κ2) is 13.7. The second-order valence-electron chi connectivity index (χ2n) is 11.7. The second-order valence-corrected chi connectivity index (χ2v) is 12.9. The molecule has 1 unspecified atom stereocenters. The molecule has 234 valence electrons. The summed E-state index contributed by atoms with van der Waals surface area (Å²) in [7, 11) is 0. The number of alkyl halides is 1. The van der Waals surface area contributed by atoms with E-state index in [9.17, 15) is 24.3 Å². The highest BCUT2D eigenvalue weighted by atomic mass is 79.9. The molecule has 2 N–H and O–H groups in total. The topological polar surface area (TPSA) is 125 Å². The normalized spacial score (nSPS) is 27.9. The van der Waals surface area contributed by atoms with Crippen LogP contribution in [-0.4, -0.2) is 88.6 Å². The van der Waals surface area contributed by atoms with Crippen LogP contribution in [0.25, 0.3) is 0 Å².